The van der Waals surface area contributed by atoms with E-state index in [9.17, 15) is 14.7 Å². The normalized spacial score (nSPS) is 18.4. The Morgan fingerprint density at radius 1 is 1.17 bits per heavy atom. The molecular weight excluding hydrogens is 384 g/mol. The zero-order valence-corrected chi connectivity index (χ0v) is 17.8. The number of carbonyl (C=O) groups is 2. The quantitative estimate of drug-likeness (QED) is 0.407. The maximum atomic E-state index is 12.9. The van der Waals surface area contributed by atoms with Crippen LogP contribution in [0, 0.1) is 6.92 Å². The first kappa shape index (κ1) is 21.6. The van der Waals surface area contributed by atoms with Gasteiger partial charge in [0, 0.05) is 18.7 Å². The molecule has 0 bridgehead atoms. The Balaban J connectivity index is 2.02. The fourth-order valence-electron chi connectivity index (χ4n) is 3.40. The Morgan fingerprint density at radius 2 is 1.87 bits per heavy atom. The van der Waals surface area contributed by atoms with Crippen LogP contribution in [0.2, 0.25) is 0 Å². The summed E-state index contributed by atoms with van der Waals surface area (Å²) in [7, 11) is 3.79. The summed E-state index contributed by atoms with van der Waals surface area (Å²) in [6.45, 7) is 5.33. The van der Waals surface area contributed by atoms with Gasteiger partial charge in [-0.2, -0.15) is 0 Å². The highest BCUT2D eigenvalue weighted by atomic mass is 16.5. The van der Waals surface area contributed by atoms with Gasteiger partial charge in [0.1, 0.15) is 29.1 Å². The van der Waals surface area contributed by atoms with Crippen molar-refractivity contribution in [2.45, 2.75) is 26.3 Å². The largest absolute Gasteiger partial charge is 0.507 e. The number of aliphatic hydroxyl groups is 1. The van der Waals surface area contributed by atoms with Gasteiger partial charge in [-0.25, -0.2) is 0 Å². The summed E-state index contributed by atoms with van der Waals surface area (Å²) < 4.78 is 11.3. The van der Waals surface area contributed by atoms with Crippen molar-refractivity contribution in [2.24, 2.45) is 0 Å². The van der Waals surface area contributed by atoms with E-state index in [1.54, 1.807) is 43.3 Å². The maximum absolute atomic E-state index is 12.9. The van der Waals surface area contributed by atoms with Gasteiger partial charge in [-0.05, 0) is 63.8 Å². The van der Waals surface area contributed by atoms with Crippen LogP contribution in [0.15, 0.2) is 46.4 Å². The first-order chi connectivity index (χ1) is 14.3. The minimum Gasteiger partial charge on any atom is -0.507 e. The molecule has 1 amide bonds. The molecule has 1 unspecified atom stereocenters. The van der Waals surface area contributed by atoms with E-state index in [-0.39, 0.29) is 11.3 Å². The van der Waals surface area contributed by atoms with E-state index in [0.29, 0.717) is 42.5 Å². The van der Waals surface area contributed by atoms with Crippen molar-refractivity contribution in [2.75, 3.05) is 33.8 Å². The summed E-state index contributed by atoms with van der Waals surface area (Å²) in [6, 6.07) is 9.58. The highest BCUT2D eigenvalue weighted by Gasteiger charge is 2.47. The molecule has 160 valence electrons. The minimum absolute atomic E-state index is 0.0373. The number of amides is 1. The average Bonchev–Trinajstić information content (AvgIpc) is 3.26. The highest BCUT2D eigenvalue weighted by Crippen LogP contribution is 2.40. The molecule has 1 aromatic carbocycles. The van der Waals surface area contributed by atoms with Crippen LogP contribution in [0.5, 0.6) is 5.75 Å². The van der Waals surface area contributed by atoms with Gasteiger partial charge in [0.15, 0.2) is 0 Å². The lowest BCUT2D eigenvalue weighted by Crippen LogP contribution is -2.35. The van der Waals surface area contributed by atoms with Crippen LogP contribution in [0.3, 0.4) is 0 Å². The average molecular weight is 412 g/mol. The maximum Gasteiger partial charge on any atom is 0.295 e. The zero-order valence-electron chi connectivity index (χ0n) is 17.8. The predicted octanol–water partition coefficient (Wildman–Crippen LogP) is 3.36. The van der Waals surface area contributed by atoms with Crippen LogP contribution in [0.4, 0.5) is 0 Å². The van der Waals surface area contributed by atoms with Gasteiger partial charge in [-0.15, -0.1) is 0 Å². The summed E-state index contributed by atoms with van der Waals surface area (Å²) in [5.41, 5.74) is 0.480. The molecule has 0 saturated carbocycles. The molecule has 2 aromatic rings. The monoisotopic (exact) mass is 412 g/mol. The van der Waals surface area contributed by atoms with Gasteiger partial charge in [0.05, 0.1) is 12.2 Å². The van der Waals surface area contributed by atoms with Crippen LogP contribution < -0.4 is 4.74 Å². The number of aliphatic hydroxyl groups excluding tert-OH is 1. The Kier molecular flexibility index (Phi) is 6.62. The molecule has 1 aromatic heterocycles. The third-order valence-electron chi connectivity index (χ3n) is 4.96. The second-order valence-corrected chi connectivity index (χ2v) is 7.62. The van der Waals surface area contributed by atoms with E-state index < -0.39 is 17.7 Å². The molecular formula is C23H28N2O5. The summed E-state index contributed by atoms with van der Waals surface area (Å²) in [6.07, 6.45) is 0.890. The molecule has 30 heavy (non-hydrogen) atoms. The predicted molar refractivity (Wildman–Crippen MR) is 113 cm³/mol. The van der Waals surface area contributed by atoms with E-state index in [4.69, 9.17) is 9.15 Å². The third-order valence-corrected chi connectivity index (χ3v) is 4.96. The molecule has 2 heterocycles. The number of Topliss-reactive ketones (excluding diaryl/α,β-unsaturated/α-hetero) is 1. The van der Waals surface area contributed by atoms with Crippen LogP contribution in [0.1, 0.15) is 36.5 Å². The third kappa shape index (κ3) is 4.41. The molecule has 0 spiro atoms. The molecule has 1 aliphatic heterocycles. The van der Waals surface area contributed by atoms with Crippen LogP contribution >= 0.6 is 0 Å². The number of likely N-dealkylation sites (N-methyl/N-ethyl adjacent to an activating group) is 1. The van der Waals surface area contributed by atoms with Gasteiger partial charge in [0.2, 0.25) is 0 Å². The second-order valence-electron chi connectivity index (χ2n) is 7.62. The second kappa shape index (κ2) is 9.17. The standard InChI is InChI=1S/C23H28N2O5/c1-5-14-29-17-9-7-16(8-10-17)21(26)19-20(18-11-6-15(2)30-18)25(13-12-24(3)4)23(28)22(19)27/h6-11,20,26H,5,12-14H2,1-4H3/b21-19-. The lowest BCUT2D eigenvalue weighted by Gasteiger charge is -2.24. The highest BCUT2D eigenvalue weighted by molar-refractivity contribution is 6.46. The summed E-state index contributed by atoms with van der Waals surface area (Å²) in [4.78, 5) is 29.1. The van der Waals surface area contributed by atoms with Crippen molar-refractivity contribution in [3.05, 3.63) is 59.1 Å². The Bertz CT molecular complexity index is 943. The number of rotatable bonds is 8. The van der Waals surface area contributed by atoms with Gasteiger partial charge < -0.3 is 24.1 Å². The van der Waals surface area contributed by atoms with Crippen molar-refractivity contribution < 1.29 is 23.8 Å². The number of benzene rings is 1. The van der Waals surface area contributed by atoms with Crippen LogP contribution in [-0.4, -0.2) is 60.4 Å². The van der Waals surface area contributed by atoms with Crippen molar-refractivity contribution in [3.8, 4) is 5.75 Å². The van der Waals surface area contributed by atoms with Crippen molar-refractivity contribution in [1.29, 1.82) is 0 Å². The summed E-state index contributed by atoms with van der Waals surface area (Å²) in [5, 5.41) is 11.0. The van der Waals surface area contributed by atoms with Gasteiger partial charge in [-0.1, -0.05) is 6.92 Å². The Hall–Kier alpha value is -3.06. The lowest BCUT2D eigenvalue weighted by atomic mass is 9.99. The fourth-order valence-corrected chi connectivity index (χ4v) is 3.40. The number of carbonyl (C=O) groups excluding carboxylic acids is 2. The molecule has 1 N–H and O–H groups in total. The molecule has 7 nitrogen and oxygen atoms in total. The van der Waals surface area contributed by atoms with E-state index in [2.05, 4.69) is 0 Å². The van der Waals surface area contributed by atoms with Crippen LogP contribution in [-0.2, 0) is 9.59 Å². The van der Waals surface area contributed by atoms with Gasteiger partial charge >= 0.3 is 0 Å². The smallest absolute Gasteiger partial charge is 0.295 e. The number of ketones is 1. The van der Waals surface area contributed by atoms with Crippen molar-refractivity contribution >= 4 is 17.4 Å². The summed E-state index contributed by atoms with van der Waals surface area (Å²) >= 11 is 0. The number of hydrogen-bond acceptors (Lipinski definition) is 6. The molecule has 1 aliphatic rings. The number of aryl methyl sites for hydroxylation is 1. The van der Waals surface area contributed by atoms with E-state index in [0.717, 1.165) is 6.42 Å². The number of furan rings is 1. The number of ether oxygens (including phenoxy) is 1. The SMILES string of the molecule is CCCOc1ccc(/C(O)=C2/C(=O)C(=O)N(CCN(C)C)C2c2ccc(C)o2)cc1. The Morgan fingerprint density at radius 3 is 2.43 bits per heavy atom. The molecule has 1 atom stereocenters. The molecule has 1 saturated heterocycles. The first-order valence-corrected chi connectivity index (χ1v) is 10.1. The van der Waals surface area contributed by atoms with Crippen molar-refractivity contribution in [1.82, 2.24) is 9.80 Å². The zero-order chi connectivity index (χ0) is 21.8. The fraction of sp³-hybridized carbons (Fsp3) is 0.391. The number of likely N-dealkylation sites (tertiary alicyclic amines) is 1. The summed E-state index contributed by atoms with van der Waals surface area (Å²) in [5.74, 6) is 0.229. The van der Waals surface area contributed by atoms with Gasteiger partial charge in [-0.3, -0.25) is 9.59 Å². The van der Waals surface area contributed by atoms with E-state index in [1.165, 1.54) is 4.90 Å². The molecule has 0 radical (unpaired) electrons. The van der Waals surface area contributed by atoms with Crippen LogP contribution in [0.25, 0.3) is 5.76 Å². The Labute approximate surface area is 176 Å². The van der Waals surface area contributed by atoms with Crippen molar-refractivity contribution in [3.63, 3.8) is 0 Å². The van der Waals surface area contributed by atoms with E-state index >= 15 is 0 Å². The lowest BCUT2D eigenvalue weighted by molar-refractivity contribution is -0.140. The molecule has 1 fully saturated rings. The molecule has 7 heteroatoms. The number of hydrogen-bond donors (Lipinski definition) is 1. The molecule has 3 rings (SSSR count). The van der Waals surface area contributed by atoms with Gasteiger partial charge in [0.25, 0.3) is 11.7 Å². The molecule has 0 aliphatic carbocycles. The minimum atomic E-state index is -0.769. The topological polar surface area (TPSA) is 83.2 Å². The van der Waals surface area contributed by atoms with E-state index in [1.807, 2.05) is 25.9 Å². The number of nitrogens with zero attached hydrogens (tertiary/aromatic N) is 2. The first-order valence-electron chi connectivity index (χ1n) is 10.1.